The van der Waals surface area contributed by atoms with E-state index in [0.29, 0.717) is 24.4 Å². The lowest BCUT2D eigenvalue weighted by Gasteiger charge is -2.39. The van der Waals surface area contributed by atoms with Crippen molar-refractivity contribution in [1.29, 1.82) is 0 Å². The molecule has 1 N–H and O–H groups in total. The normalized spacial score (nSPS) is 23.9. The number of furan rings is 1. The molecule has 4 rings (SSSR count). The van der Waals surface area contributed by atoms with Crippen molar-refractivity contribution in [3.8, 4) is 0 Å². The van der Waals surface area contributed by atoms with Gasteiger partial charge in [0.05, 0.1) is 6.26 Å². The van der Waals surface area contributed by atoms with Crippen molar-refractivity contribution < 1.29 is 9.21 Å². The smallest absolute Gasteiger partial charge is 0.223 e. The third kappa shape index (κ3) is 4.04. The molecule has 1 aromatic rings. The summed E-state index contributed by atoms with van der Waals surface area (Å²) < 4.78 is 5.38. The van der Waals surface area contributed by atoms with Gasteiger partial charge in [-0.25, -0.2) is 0 Å². The molecule has 0 aromatic carbocycles. The molecule has 6 nitrogen and oxygen atoms in total. The maximum absolute atomic E-state index is 11.8. The number of hydrogen-bond donors (Lipinski definition) is 1. The second kappa shape index (κ2) is 7.76. The first-order chi connectivity index (χ1) is 11.3. The largest absolute Gasteiger partial charge is 0.469 e. The summed E-state index contributed by atoms with van der Waals surface area (Å²) in [6.07, 6.45) is 6.69. The highest BCUT2D eigenvalue weighted by molar-refractivity contribution is 14.0. The van der Waals surface area contributed by atoms with Crippen LogP contribution in [0.1, 0.15) is 31.4 Å². The number of hydrogen-bond acceptors (Lipinski definition) is 3. The van der Waals surface area contributed by atoms with E-state index in [1.165, 1.54) is 12.8 Å². The van der Waals surface area contributed by atoms with Crippen molar-refractivity contribution in [3.05, 3.63) is 24.2 Å². The van der Waals surface area contributed by atoms with Crippen LogP contribution in [-0.2, 0) is 11.2 Å². The van der Waals surface area contributed by atoms with Crippen molar-refractivity contribution >= 4 is 35.8 Å². The molecular weight excluding hydrogens is 419 g/mol. The fourth-order valence-corrected chi connectivity index (χ4v) is 3.43. The van der Waals surface area contributed by atoms with Crippen LogP contribution in [0.15, 0.2) is 27.8 Å². The molecule has 0 spiro atoms. The number of carbonyl (C=O) groups excluding carboxylic acids is 1. The average molecular weight is 444 g/mol. The molecule has 132 valence electrons. The SMILES string of the molecule is I.O=C1CCC2CN(C(=NCCc3ccco3)NC3CC3)CCN12. The lowest BCUT2D eigenvalue weighted by atomic mass is 10.1. The topological polar surface area (TPSA) is 61.1 Å². The molecule has 3 fully saturated rings. The van der Waals surface area contributed by atoms with E-state index >= 15 is 0 Å². The Labute approximate surface area is 159 Å². The van der Waals surface area contributed by atoms with Gasteiger partial charge in [0.15, 0.2) is 5.96 Å². The van der Waals surface area contributed by atoms with E-state index in [-0.39, 0.29) is 24.0 Å². The third-order valence-corrected chi connectivity index (χ3v) is 4.90. The number of rotatable bonds is 4. The van der Waals surface area contributed by atoms with E-state index in [0.717, 1.165) is 50.7 Å². The Kier molecular flexibility index (Phi) is 5.68. The lowest BCUT2D eigenvalue weighted by molar-refractivity contribution is -0.130. The van der Waals surface area contributed by atoms with Gasteiger partial charge >= 0.3 is 0 Å². The Hall–Kier alpha value is -1.25. The van der Waals surface area contributed by atoms with Crippen molar-refractivity contribution in [2.45, 2.75) is 44.2 Å². The minimum absolute atomic E-state index is 0. The number of aliphatic imine (C=N–C) groups is 1. The molecule has 1 unspecified atom stereocenters. The van der Waals surface area contributed by atoms with Gasteiger partial charge in [-0.3, -0.25) is 9.79 Å². The molecule has 2 aliphatic heterocycles. The first kappa shape index (κ1) is 17.6. The Balaban J connectivity index is 0.00000169. The summed E-state index contributed by atoms with van der Waals surface area (Å²) in [5.41, 5.74) is 0. The second-order valence-corrected chi connectivity index (χ2v) is 6.68. The van der Waals surface area contributed by atoms with Crippen molar-refractivity contribution in [2.24, 2.45) is 4.99 Å². The number of nitrogens with one attached hydrogen (secondary N) is 1. The lowest BCUT2D eigenvalue weighted by Crippen LogP contribution is -2.56. The number of amides is 1. The quantitative estimate of drug-likeness (QED) is 0.438. The predicted octanol–water partition coefficient (Wildman–Crippen LogP) is 1.85. The molecule has 0 bridgehead atoms. The van der Waals surface area contributed by atoms with Gasteiger partial charge in [0.2, 0.25) is 5.91 Å². The van der Waals surface area contributed by atoms with E-state index in [4.69, 9.17) is 9.41 Å². The zero-order valence-corrected chi connectivity index (χ0v) is 16.1. The van der Waals surface area contributed by atoms with Crippen molar-refractivity contribution in [1.82, 2.24) is 15.1 Å². The van der Waals surface area contributed by atoms with Gasteiger partial charge in [0.25, 0.3) is 0 Å². The third-order valence-electron chi connectivity index (χ3n) is 4.90. The van der Waals surface area contributed by atoms with Crippen LogP contribution in [0.3, 0.4) is 0 Å². The highest BCUT2D eigenvalue weighted by atomic mass is 127. The molecule has 1 atom stereocenters. The van der Waals surface area contributed by atoms with Gasteiger partial charge in [-0.2, -0.15) is 0 Å². The van der Waals surface area contributed by atoms with Gasteiger partial charge in [-0.1, -0.05) is 0 Å². The number of carbonyl (C=O) groups is 1. The Morgan fingerprint density at radius 1 is 1.33 bits per heavy atom. The van der Waals surface area contributed by atoms with Crippen LogP contribution in [0.4, 0.5) is 0 Å². The summed E-state index contributed by atoms with van der Waals surface area (Å²) in [5.74, 6) is 2.31. The summed E-state index contributed by atoms with van der Waals surface area (Å²) in [5, 5.41) is 3.57. The van der Waals surface area contributed by atoms with Gasteiger partial charge in [0.1, 0.15) is 5.76 Å². The van der Waals surface area contributed by atoms with E-state index < -0.39 is 0 Å². The molecular formula is C17H25IN4O2. The first-order valence-electron chi connectivity index (χ1n) is 8.67. The van der Waals surface area contributed by atoms with E-state index in [1.54, 1.807) is 6.26 Å². The molecule has 24 heavy (non-hydrogen) atoms. The zero-order valence-electron chi connectivity index (χ0n) is 13.8. The Bertz CT molecular complexity index is 585. The van der Waals surface area contributed by atoms with Crippen LogP contribution < -0.4 is 5.32 Å². The fraction of sp³-hybridized carbons (Fsp3) is 0.647. The van der Waals surface area contributed by atoms with Crippen LogP contribution in [-0.4, -0.2) is 59.9 Å². The number of fused-ring (bicyclic) bond motifs is 1. The van der Waals surface area contributed by atoms with Crippen molar-refractivity contribution in [2.75, 3.05) is 26.2 Å². The average Bonchev–Trinajstić information content (AvgIpc) is 3.08. The second-order valence-electron chi connectivity index (χ2n) is 6.68. The summed E-state index contributed by atoms with van der Waals surface area (Å²) in [7, 11) is 0. The van der Waals surface area contributed by atoms with E-state index in [9.17, 15) is 4.79 Å². The van der Waals surface area contributed by atoms with E-state index in [1.807, 2.05) is 17.0 Å². The number of nitrogens with zero attached hydrogens (tertiary/aromatic N) is 3. The molecule has 1 aromatic heterocycles. The minimum atomic E-state index is 0. The molecule has 3 heterocycles. The number of piperazine rings is 1. The van der Waals surface area contributed by atoms with Crippen molar-refractivity contribution in [3.63, 3.8) is 0 Å². The zero-order chi connectivity index (χ0) is 15.6. The molecule has 2 saturated heterocycles. The summed E-state index contributed by atoms with van der Waals surface area (Å²) >= 11 is 0. The maximum Gasteiger partial charge on any atom is 0.223 e. The minimum Gasteiger partial charge on any atom is -0.469 e. The van der Waals surface area contributed by atoms with E-state index in [2.05, 4.69) is 10.2 Å². The summed E-state index contributed by atoms with van der Waals surface area (Å²) in [4.78, 5) is 21.0. The maximum atomic E-state index is 11.8. The summed E-state index contributed by atoms with van der Waals surface area (Å²) in [6.45, 7) is 3.34. The van der Waals surface area contributed by atoms with Crippen LogP contribution in [0, 0.1) is 0 Å². The fourth-order valence-electron chi connectivity index (χ4n) is 3.43. The predicted molar refractivity (Wildman–Crippen MR) is 103 cm³/mol. The highest BCUT2D eigenvalue weighted by Crippen LogP contribution is 2.24. The van der Waals surface area contributed by atoms with Crippen LogP contribution in [0.25, 0.3) is 0 Å². The highest BCUT2D eigenvalue weighted by Gasteiger charge is 2.37. The molecule has 1 aliphatic carbocycles. The van der Waals surface area contributed by atoms with Gasteiger partial charge < -0.3 is 19.5 Å². The van der Waals surface area contributed by atoms with Gasteiger partial charge in [0, 0.05) is 51.1 Å². The van der Waals surface area contributed by atoms with Gasteiger partial charge in [-0.05, 0) is 31.4 Å². The molecule has 0 radical (unpaired) electrons. The molecule has 1 saturated carbocycles. The molecule has 3 aliphatic rings. The number of halogens is 1. The standard InChI is InChI=1S/C17H24N4O2.HI/c22-16-6-5-14-12-20(9-10-21(14)16)17(19-13-3-4-13)18-8-7-15-2-1-11-23-15;/h1-2,11,13-14H,3-10,12H2,(H,18,19);1H. The van der Waals surface area contributed by atoms with Crippen LogP contribution >= 0.6 is 24.0 Å². The Morgan fingerprint density at radius 3 is 2.96 bits per heavy atom. The first-order valence-corrected chi connectivity index (χ1v) is 8.67. The Morgan fingerprint density at radius 2 is 2.21 bits per heavy atom. The van der Waals surface area contributed by atoms with Crippen LogP contribution in [0.2, 0.25) is 0 Å². The molecule has 1 amide bonds. The monoisotopic (exact) mass is 444 g/mol. The summed E-state index contributed by atoms with van der Waals surface area (Å²) in [6, 6.07) is 4.86. The molecule has 7 heteroatoms. The van der Waals surface area contributed by atoms with Gasteiger partial charge in [-0.15, -0.1) is 24.0 Å². The van der Waals surface area contributed by atoms with Crippen LogP contribution in [0.5, 0.6) is 0 Å². The number of guanidine groups is 1.